The third-order valence-corrected chi connectivity index (χ3v) is 3.87. The van der Waals surface area contributed by atoms with Gasteiger partial charge in [0.25, 0.3) is 0 Å². The number of carbonyl (C=O) groups excluding carboxylic acids is 1. The molecule has 0 atom stereocenters. The molecule has 3 rings (SSSR count). The number of fused-ring (bicyclic) bond motifs is 1. The number of rotatable bonds is 4. The van der Waals surface area contributed by atoms with Gasteiger partial charge in [-0.05, 0) is 47.9 Å². The molecule has 1 aliphatic rings. The summed E-state index contributed by atoms with van der Waals surface area (Å²) >= 11 is 0. The van der Waals surface area contributed by atoms with Crippen LogP contribution in [0.3, 0.4) is 0 Å². The van der Waals surface area contributed by atoms with E-state index >= 15 is 0 Å². The number of hydrogen-bond acceptors (Lipinski definition) is 5. The van der Waals surface area contributed by atoms with Crippen molar-refractivity contribution in [2.24, 2.45) is 0 Å². The molecule has 0 amide bonds. The van der Waals surface area contributed by atoms with Gasteiger partial charge in [-0.2, -0.15) is 0 Å². The molecule has 2 aromatic rings. The van der Waals surface area contributed by atoms with Crippen LogP contribution in [0.2, 0.25) is 0 Å². The first kappa shape index (κ1) is 15.9. The summed E-state index contributed by atoms with van der Waals surface area (Å²) in [4.78, 5) is 11.4. The van der Waals surface area contributed by atoms with Crippen molar-refractivity contribution in [3.63, 3.8) is 0 Å². The van der Waals surface area contributed by atoms with Gasteiger partial charge in [0.2, 0.25) is 6.79 Å². The molecule has 0 radical (unpaired) electrons. The van der Waals surface area contributed by atoms with E-state index in [0.29, 0.717) is 5.75 Å². The summed E-state index contributed by atoms with van der Waals surface area (Å²) in [5, 5.41) is 0. The van der Waals surface area contributed by atoms with E-state index in [4.69, 9.17) is 14.2 Å². The third-order valence-electron chi connectivity index (χ3n) is 3.87. The quantitative estimate of drug-likeness (QED) is 0.634. The molecule has 0 spiro atoms. The van der Waals surface area contributed by atoms with Gasteiger partial charge in [0.15, 0.2) is 11.5 Å². The summed E-state index contributed by atoms with van der Waals surface area (Å²) in [5.41, 5.74) is 3.58. The van der Waals surface area contributed by atoms with E-state index in [9.17, 15) is 4.79 Å². The van der Waals surface area contributed by atoms with Crippen LogP contribution in [0.25, 0.3) is 16.7 Å². The lowest BCUT2D eigenvalue weighted by atomic mass is 9.98. The maximum absolute atomic E-state index is 11.4. The number of hydrogen-bond donors (Lipinski definition) is 0. The zero-order chi connectivity index (χ0) is 17.1. The van der Waals surface area contributed by atoms with E-state index in [2.05, 4.69) is 4.74 Å². The van der Waals surface area contributed by atoms with Gasteiger partial charge in [0.05, 0.1) is 14.2 Å². The Hall–Kier alpha value is -2.95. The zero-order valence-corrected chi connectivity index (χ0v) is 13.8. The van der Waals surface area contributed by atoms with Gasteiger partial charge in [0, 0.05) is 11.6 Å². The first-order valence-corrected chi connectivity index (χ1v) is 7.47. The van der Waals surface area contributed by atoms with Crippen molar-refractivity contribution in [3.05, 3.63) is 48.0 Å². The van der Waals surface area contributed by atoms with Crippen LogP contribution in [0.15, 0.2) is 42.5 Å². The smallest absolute Gasteiger partial charge is 0.330 e. The minimum atomic E-state index is -0.382. The lowest BCUT2D eigenvalue weighted by Crippen LogP contribution is -1.96. The fourth-order valence-corrected chi connectivity index (χ4v) is 2.56. The Morgan fingerprint density at radius 2 is 1.88 bits per heavy atom. The molecule has 0 saturated heterocycles. The van der Waals surface area contributed by atoms with Gasteiger partial charge < -0.3 is 18.9 Å². The third kappa shape index (κ3) is 3.06. The van der Waals surface area contributed by atoms with Gasteiger partial charge >= 0.3 is 5.97 Å². The Bertz CT molecular complexity index is 807. The maximum atomic E-state index is 11.4. The fourth-order valence-electron chi connectivity index (χ4n) is 2.56. The SMILES string of the molecule is COC(=O)/C=C(\C)c1ccc(OC)c(-c2ccc3c(c2)OCO3)c1. The number of carbonyl (C=O) groups is 1. The van der Waals surface area contributed by atoms with Crippen LogP contribution in [0.4, 0.5) is 0 Å². The molecule has 5 nitrogen and oxygen atoms in total. The molecule has 0 bridgehead atoms. The van der Waals surface area contributed by atoms with Crippen molar-refractivity contribution < 1.29 is 23.7 Å². The summed E-state index contributed by atoms with van der Waals surface area (Å²) in [6.07, 6.45) is 1.46. The van der Waals surface area contributed by atoms with E-state index < -0.39 is 0 Å². The van der Waals surface area contributed by atoms with E-state index in [1.165, 1.54) is 13.2 Å². The van der Waals surface area contributed by atoms with Crippen LogP contribution < -0.4 is 14.2 Å². The minimum absolute atomic E-state index is 0.233. The van der Waals surface area contributed by atoms with Crippen LogP contribution >= 0.6 is 0 Å². The average molecular weight is 326 g/mol. The van der Waals surface area contributed by atoms with Gasteiger partial charge in [-0.1, -0.05) is 12.1 Å². The summed E-state index contributed by atoms with van der Waals surface area (Å²) in [6, 6.07) is 11.5. The highest BCUT2D eigenvalue weighted by Crippen LogP contribution is 2.39. The summed E-state index contributed by atoms with van der Waals surface area (Å²) in [5.74, 6) is 1.80. The predicted octanol–water partition coefficient (Wildman–Crippen LogP) is 3.67. The maximum Gasteiger partial charge on any atom is 0.330 e. The van der Waals surface area contributed by atoms with Crippen molar-refractivity contribution >= 4 is 11.5 Å². The van der Waals surface area contributed by atoms with Crippen molar-refractivity contribution in [2.75, 3.05) is 21.0 Å². The Kier molecular flexibility index (Phi) is 4.42. The number of methoxy groups -OCH3 is 2. The predicted molar refractivity (Wildman–Crippen MR) is 90.2 cm³/mol. The molecule has 2 aromatic carbocycles. The molecule has 1 aliphatic heterocycles. The van der Waals surface area contributed by atoms with E-state index in [0.717, 1.165) is 33.8 Å². The van der Waals surface area contributed by atoms with Crippen molar-refractivity contribution in [1.29, 1.82) is 0 Å². The second-order valence-electron chi connectivity index (χ2n) is 5.33. The van der Waals surface area contributed by atoms with Crippen molar-refractivity contribution in [2.45, 2.75) is 6.92 Å². The second kappa shape index (κ2) is 6.66. The first-order valence-electron chi connectivity index (χ1n) is 7.47. The van der Waals surface area contributed by atoms with Gasteiger partial charge in [-0.15, -0.1) is 0 Å². The number of benzene rings is 2. The van der Waals surface area contributed by atoms with Crippen LogP contribution in [-0.2, 0) is 9.53 Å². The zero-order valence-electron chi connectivity index (χ0n) is 13.8. The molecule has 24 heavy (non-hydrogen) atoms. The molecule has 0 N–H and O–H groups in total. The lowest BCUT2D eigenvalue weighted by molar-refractivity contribution is -0.134. The fraction of sp³-hybridized carbons (Fsp3) is 0.211. The Balaban J connectivity index is 2.04. The second-order valence-corrected chi connectivity index (χ2v) is 5.33. The van der Waals surface area contributed by atoms with E-state index in [-0.39, 0.29) is 12.8 Å². The van der Waals surface area contributed by atoms with E-state index in [1.54, 1.807) is 7.11 Å². The molecule has 0 saturated carbocycles. The molecule has 0 aromatic heterocycles. The Morgan fingerprint density at radius 1 is 1.08 bits per heavy atom. The number of esters is 1. The molecule has 0 unspecified atom stereocenters. The van der Waals surface area contributed by atoms with Crippen molar-refractivity contribution in [1.82, 2.24) is 0 Å². The molecule has 0 fully saturated rings. The molecular formula is C19H18O5. The molecule has 0 aliphatic carbocycles. The highest BCUT2D eigenvalue weighted by Gasteiger charge is 2.16. The number of ether oxygens (including phenoxy) is 4. The molecule has 1 heterocycles. The van der Waals surface area contributed by atoms with Crippen molar-refractivity contribution in [3.8, 4) is 28.4 Å². The van der Waals surface area contributed by atoms with Crippen LogP contribution in [0, 0.1) is 0 Å². The normalized spacial score (nSPS) is 12.9. The molecule has 5 heteroatoms. The molecular weight excluding hydrogens is 308 g/mol. The van der Waals surface area contributed by atoms with Gasteiger partial charge in [-0.25, -0.2) is 4.79 Å². The highest BCUT2D eigenvalue weighted by atomic mass is 16.7. The monoisotopic (exact) mass is 326 g/mol. The Labute approximate surface area is 140 Å². The first-order chi connectivity index (χ1) is 11.6. The largest absolute Gasteiger partial charge is 0.496 e. The van der Waals surface area contributed by atoms with Crippen LogP contribution in [-0.4, -0.2) is 27.0 Å². The van der Waals surface area contributed by atoms with Crippen LogP contribution in [0.1, 0.15) is 12.5 Å². The van der Waals surface area contributed by atoms with Crippen LogP contribution in [0.5, 0.6) is 17.2 Å². The van der Waals surface area contributed by atoms with E-state index in [1.807, 2.05) is 43.3 Å². The molecule has 124 valence electrons. The highest BCUT2D eigenvalue weighted by molar-refractivity contribution is 5.91. The summed E-state index contributed by atoms with van der Waals surface area (Å²) in [6.45, 7) is 2.10. The number of allylic oxidation sites excluding steroid dienone is 1. The Morgan fingerprint density at radius 3 is 2.62 bits per heavy atom. The van der Waals surface area contributed by atoms with Gasteiger partial charge in [-0.3, -0.25) is 0 Å². The minimum Gasteiger partial charge on any atom is -0.496 e. The van der Waals surface area contributed by atoms with Gasteiger partial charge in [0.1, 0.15) is 5.75 Å². The standard InChI is InChI=1S/C19H18O5/c1-12(8-19(20)22-3)13-4-6-16(21-2)15(9-13)14-5-7-17-18(10-14)24-11-23-17/h4-10H,11H2,1-3H3/b12-8+. The average Bonchev–Trinajstić information content (AvgIpc) is 3.08. The topological polar surface area (TPSA) is 54.0 Å². The lowest BCUT2D eigenvalue weighted by Gasteiger charge is -2.12. The summed E-state index contributed by atoms with van der Waals surface area (Å²) < 4.78 is 20.9. The summed E-state index contributed by atoms with van der Waals surface area (Å²) in [7, 11) is 2.99.